The number of hydrogen-bond donors (Lipinski definition) is 2. The number of benzene rings is 2. The van der Waals surface area contributed by atoms with E-state index in [1.807, 2.05) is 26.0 Å². The van der Waals surface area contributed by atoms with Crippen LogP contribution in [0.1, 0.15) is 31.8 Å². The van der Waals surface area contributed by atoms with Crippen molar-refractivity contribution in [1.82, 2.24) is 10.9 Å². The van der Waals surface area contributed by atoms with Crippen molar-refractivity contribution in [3.63, 3.8) is 0 Å². The fourth-order valence-electron chi connectivity index (χ4n) is 2.73. The van der Waals surface area contributed by atoms with E-state index in [1.54, 1.807) is 12.1 Å². The Morgan fingerprint density at radius 2 is 1.73 bits per heavy atom. The third-order valence-corrected chi connectivity index (χ3v) is 4.01. The van der Waals surface area contributed by atoms with Crippen LogP contribution < -0.4 is 25.1 Å². The number of hydrogen-bond acceptors (Lipinski definition) is 5. The van der Waals surface area contributed by atoms with Crippen LogP contribution in [-0.2, 0) is 0 Å². The minimum absolute atomic E-state index is 0.284. The van der Waals surface area contributed by atoms with Gasteiger partial charge in [-0.3, -0.25) is 20.4 Å². The van der Waals surface area contributed by atoms with Crippen LogP contribution in [0.5, 0.6) is 17.2 Å². The second kappa shape index (κ2) is 7.35. The SMILES string of the molecule is COc1cc(C(=O)NNC(=O)c2ccc(C)cc2C)cc2c1OCCO2. The Morgan fingerprint density at radius 1 is 1.00 bits per heavy atom. The van der Waals surface area contributed by atoms with E-state index in [1.165, 1.54) is 13.2 Å². The minimum Gasteiger partial charge on any atom is -0.493 e. The van der Waals surface area contributed by atoms with Gasteiger partial charge in [0.05, 0.1) is 7.11 Å². The Labute approximate surface area is 151 Å². The number of nitrogens with one attached hydrogen (secondary N) is 2. The van der Waals surface area contributed by atoms with Gasteiger partial charge in [0.15, 0.2) is 11.5 Å². The number of carbonyl (C=O) groups is 2. The van der Waals surface area contributed by atoms with Crippen LogP contribution in [0.15, 0.2) is 30.3 Å². The Balaban J connectivity index is 1.73. The summed E-state index contributed by atoms with van der Waals surface area (Å²) in [6.45, 7) is 4.60. The van der Waals surface area contributed by atoms with Gasteiger partial charge in [0.2, 0.25) is 5.75 Å². The number of amides is 2. The van der Waals surface area contributed by atoms with Crippen molar-refractivity contribution in [1.29, 1.82) is 0 Å². The second-order valence-electron chi connectivity index (χ2n) is 5.93. The number of carbonyl (C=O) groups excluding carboxylic acids is 2. The van der Waals surface area contributed by atoms with Gasteiger partial charge in [-0.2, -0.15) is 0 Å². The van der Waals surface area contributed by atoms with Crippen LogP contribution >= 0.6 is 0 Å². The van der Waals surface area contributed by atoms with E-state index < -0.39 is 5.91 Å². The fraction of sp³-hybridized carbons (Fsp3) is 0.263. The lowest BCUT2D eigenvalue weighted by Gasteiger charge is -2.21. The van der Waals surface area contributed by atoms with Crippen molar-refractivity contribution in [3.05, 3.63) is 52.6 Å². The molecule has 0 fully saturated rings. The van der Waals surface area contributed by atoms with Gasteiger partial charge in [0, 0.05) is 11.1 Å². The van der Waals surface area contributed by atoms with Crippen LogP contribution in [0, 0.1) is 13.8 Å². The Hall–Kier alpha value is -3.22. The summed E-state index contributed by atoms with van der Waals surface area (Å²) in [5.41, 5.74) is 7.50. The molecule has 1 aliphatic rings. The van der Waals surface area contributed by atoms with Gasteiger partial charge < -0.3 is 14.2 Å². The first kappa shape index (κ1) is 17.6. The van der Waals surface area contributed by atoms with Gasteiger partial charge in [0.1, 0.15) is 13.2 Å². The van der Waals surface area contributed by atoms with Crippen molar-refractivity contribution in [2.75, 3.05) is 20.3 Å². The standard InChI is InChI=1S/C19H20N2O5/c1-11-4-5-14(12(2)8-11)19(23)21-20-18(22)13-9-15(24-3)17-16(10-13)25-6-7-26-17/h4-5,8-10H,6-7H2,1-3H3,(H,20,22)(H,21,23). The molecule has 1 heterocycles. The molecule has 0 bridgehead atoms. The topological polar surface area (TPSA) is 85.9 Å². The number of ether oxygens (including phenoxy) is 3. The zero-order chi connectivity index (χ0) is 18.7. The van der Waals surface area contributed by atoms with E-state index in [2.05, 4.69) is 10.9 Å². The molecule has 0 saturated carbocycles. The van der Waals surface area contributed by atoms with Crippen LogP contribution in [0.4, 0.5) is 0 Å². The van der Waals surface area contributed by atoms with Gasteiger partial charge in [-0.05, 0) is 37.6 Å². The molecule has 0 unspecified atom stereocenters. The Morgan fingerprint density at radius 3 is 2.46 bits per heavy atom. The maximum atomic E-state index is 12.4. The monoisotopic (exact) mass is 356 g/mol. The molecule has 3 rings (SSSR count). The highest BCUT2D eigenvalue weighted by Gasteiger charge is 2.21. The molecule has 136 valence electrons. The van der Waals surface area contributed by atoms with Crippen molar-refractivity contribution in [2.24, 2.45) is 0 Å². The number of fused-ring (bicyclic) bond motifs is 1. The zero-order valence-corrected chi connectivity index (χ0v) is 14.8. The average Bonchev–Trinajstić information content (AvgIpc) is 2.64. The summed E-state index contributed by atoms with van der Waals surface area (Å²) in [7, 11) is 1.48. The van der Waals surface area contributed by atoms with Crippen LogP contribution in [0.3, 0.4) is 0 Å². The molecule has 2 N–H and O–H groups in total. The van der Waals surface area contributed by atoms with Gasteiger partial charge in [-0.1, -0.05) is 17.7 Å². The third-order valence-electron chi connectivity index (χ3n) is 4.01. The lowest BCUT2D eigenvalue weighted by Crippen LogP contribution is -2.41. The van der Waals surface area contributed by atoms with Crippen LogP contribution in [0.25, 0.3) is 0 Å². The zero-order valence-electron chi connectivity index (χ0n) is 14.8. The maximum absolute atomic E-state index is 12.4. The highest BCUT2D eigenvalue weighted by Crippen LogP contribution is 2.40. The molecule has 2 amide bonds. The number of hydrazine groups is 1. The predicted octanol–water partition coefficient (Wildman–Crippen LogP) is 2.16. The summed E-state index contributed by atoms with van der Waals surface area (Å²) in [4.78, 5) is 24.7. The summed E-state index contributed by atoms with van der Waals surface area (Å²) in [5.74, 6) is 0.419. The highest BCUT2D eigenvalue weighted by atomic mass is 16.6. The van der Waals surface area contributed by atoms with Crippen LogP contribution in [-0.4, -0.2) is 32.1 Å². The number of rotatable bonds is 3. The second-order valence-corrected chi connectivity index (χ2v) is 5.93. The summed E-state index contributed by atoms with van der Waals surface area (Å²) in [6.07, 6.45) is 0. The van der Waals surface area contributed by atoms with E-state index >= 15 is 0 Å². The lowest BCUT2D eigenvalue weighted by molar-refractivity contribution is 0.0845. The molecule has 0 atom stereocenters. The average molecular weight is 356 g/mol. The van der Waals surface area contributed by atoms with Gasteiger partial charge in [0.25, 0.3) is 11.8 Å². The summed E-state index contributed by atoms with van der Waals surface area (Å²) >= 11 is 0. The predicted molar refractivity (Wildman–Crippen MR) is 94.8 cm³/mol. The fourth-order valence-corrected chi connectivity index (χ4v) is 2.73. The third kappa shape index (κ3) is 3.56. The Kier molecular flexibility index (Phi) is 4.97. The normalized spacial score (nSPS) is 12.3. The van der Waals surface area contributed by atoms with Gasteiger partial charge >= 0.3 is 0 Å². The van der Waals surface area contributed by atoms with Crippen molar-refractivity contribution in [3.8, 4) is 17.2 Å². The molecule has 0 aliphatic carbocycles. The first-order valence-electron chi connectivity index (χ1n) is 8.15. The number of methoxy groups -OCH3 is 1. The quantitative estimate of drug-likeness (QED) is 0.823. The largest absolute Gasteiger partial charge is 0.493 e. The number of aryl methyl sites for hydroxylation is 2. The van der Waals surface area contributed by atoms with Crippen molar-refractivity contribution >= 4 is 11.8 Å². The van der Waals surface area contributed by atoms with E-state index in [0.29, 0.717) is 36.0 Å². The molecule has 0 spiro atoms. The van der Waals surface area contributed by atoms with Gasteiger partial charge in [-0.25, -0.2) is 0 Å². The Bertz CT molecular complexity index is 846. The van der Waals surface area contributed by atoms with Crippen LogP contribution in [0.2, 0.25) is 0 Å². The molecule has 0 radical (unpaired) electrons. The van der Waals surface area contributed by atoms with Crippen molar-refractivity contribution in [2.45, 2.75) is 13.8 Å². The van der Waals surface area contributed by atoms with E-state index in [4.69, 9.17) is 14.2 Å². The van der Waals surface area contributed by atoms with E-state index in [9.17, 15) is 9.59 Å². The molecule has 7 heteroatoms. The molecular weight excluding hydrogens is 336 g/mol. The maximum Gasteiger partial charge on any atom is 0.269 e. The first-order valence-corrected chi connectivity index (χ1v) is 8.15. The molecular formula is C19H20N2O5. The van der Waals surface area contributed by atoms with E-state index in [0.717, 1.165) is 11.1 Å². The smallest absolute Gasteiger partial charge is 0.269 e. The first-order chi connectivity index (χ1) is 12.5. The molecule has 1 aliphatic heterocycles. The van der Waals surface area contributed by atoms with Gasteiger partial charge in [-0.15, -0.1) is 0 Å². The molecule has 0 aromatic heterocycles. The minimum atomic E-state index is -0.488. The highest BCUT2D eigenvalue weighted by molar-refractivity contribution is 6.00. The van der Waals surface area contributed by atoms with E-state index in [-0.39, 0.29) is 11.5 Å². The molecule has 26 heavy (non-hydrogen) atoms. The lowest BCUT2D eigenvalue weighted by atomic mass is 10.1. The molecule has 2 aromatic carbocycles. The summed E-state index contributed by atoms with van der Waals surface area (Å²) < 4.78 is 16.3. The molecule has 7 nitrogen and oxygen atoms in total. The molecule has 2 aromatic rings. The summed E-state index contributed by atoms with van der Waals surface area (Å²) in [6, 6.07) is 8.55. The summed E-state index contributed by atoms with van der Waals surface area (Å²) in [5, 5.41) is 0. The molecule has 0 saturated heterocycles. The van der Waals surface area contributed by atoms with Crippen molar-refractivity contribution < 1.29 is 23.8 Å².